The molecule has 0 bridgehead atoms. The van der Waals surface area contributed by atoms with Gasteiger partial charge in [-0.1, -0.05) is 42.8 Å². The van der Waals surface area contributed by atoms with Crippen LogP contribution in [0.15, 0.2) is 67.3 Å². The molecule has 10 heteroatoms. The Hall–Kier alpha value is -3.79. The van der Waals surface area contributed by atoms with Gasteiger partial charge in [-0.05, 0) is 73.9 Å². The molecule has 222 valence electrons. The van der Waals surface area contributed by atoms with Crippen LogP contribution in [0.2, 0.25) is 5.15 Å². The first-order chi connectivity index (χ1) is 20.7. The lowest BCUT2D eigenvalue weighted by molar-refractivity contribution is -0.168. The molecule has 1 aliphatic heterocycles. The van der Waals surface area contributed by atoms with Gasteiger partial charge in [-0.2, -0.15) is 0 Å². The molecular weight excluding hydrogens is 564 g/mol. The number of aryl methyl sites for hydroxylation is 1. The van der Waals surface area contributed by atoms with E-state index < -0.39 is 5.79 Å². The number of anilines is 1. The van der Waals surface area contributed by atoms with Crippen molar-refractivity contribution in [2.24, 2.45) is 5.41 Å². The largest absolute Gasteiger partial charge is 0.497 e. The highest BCUT2D eigenvalue weighted by Gasteiger charge is 2.59. The summed E-state index contributed by atoms with van der Waals surface area (Å²) in [5.41, 5.74) is 4.00. The highest BCUT2D eigenvalue weighted by atomic mass is 35.5. The van der Waals surface area contributed by atoms with Gasteiger partial charge in [0.2, 0.25) is 5.95 Å². The number of rotatable bonds is 8. The maximum atomic E-state index is 6.57. The number of halogens is 1. The van der Waals surface area contributed by atoms with E-state index in [1.165, 1.54) is 11.9 Å². The first-order valence-electron chi connectivity index (χ1n) is 14.7. The summed E-state index contributed by atoms with van der Waals surface area (Å²) in [6, 6.07) is 16.5. The number of methoxy groups -OCH3 is 1. The summed E-state index contributed by atoms with van der Waals surface area (Å²) >= 11 is 6.38. The summed E-state index contributed by atoms with van der Waals surface area (Å²) in [5.74, 6) is 0.791. The second kappa shape index (κ2) is 10.7. The van der Waals surface area contributed by atoms with E-state index in [-0.39, 0.29) is 23.7 Å². The van der Waals surface area contributed by atoms with Crippen LogP contribution >= 0.6 is 11.6 Å². The minimum Gasteiger partial charge on any atom is -0.497 e. The fourth-order valence-corrected chi connectivity index (χ4v) is 6.88. The zero-order chi connectivity index (χ0) is 29.8. The fourth-order valence-electron chi connectivity index (χ4n) is 6.69. The highest BCUT2D eigenvalue weighted by Crippen LogP contribution is 2.55. The lowest BCUT2D eigenvalue weighted by atomic mass is 9.80. The van der Waals surface area contributed by atoms with E-state index in [4.69, 9.17) is 30.8 Å². The van der Waals surface area contributed by atoms with Gasteiger partial charge >= 0.3 is 0 Å². The quantitative estimate of drug-likeness (QED) is 0.196. The number of nitrogens with one attached hydrogen (secondary N) is 1. The van der Waals surface area contributed by atoms with Gasteiger partial charge in [-0.15, -0.1) is 0 Å². The predicted molar refractivity (Wildman–Crippen MR) is 166 cm³/mol. The summed E-state index contributed by atoms with van der Waals surface area (Å²) in [7, 11) is 1.67. The van der Waals surface area contributed by atoms with Gasteiger partial charge in [0.1, 0.15) is 29.0 Å². The maximum Gasteiger partial charge on any atom is 0.223 e. The van der Waals surface area contributed by atoms with Crippen LogP contribution in [0.1, 0.15) is 50.8 Å². The first kappa shape index (κ1) is 28.0. The van der Waals surface area contributed by atoms with E-state index >= 15 is 0 Å². The molecule has 4 atom stereocenters. The number of hydrogen-bond acceptors (Lipinski definition) is 8. The number of ether oxygens (including phenoxy) is 3. The Morgan fingerprint density at radius 2 is 1.84 bits per heavy atom. The molecule has 3 aromatic heterocycles. The lowest BCUT2D eigenvalue weighted by Crippen LogP contribution is -2.34. The molecular formula is C33H35ClN6O3. The van der Waals surface area contributed by atoms with E-state index in [0.717, 1.165) is 52.5 Å². The van der Waals surface area contributed by atoms with Crippen LogP contribution in [-0.4, -0.2) is 49.6 Å². The Balaban J connectivity index is 1.09. The normalized spacial score (nSPS) is 24.4. The van der Waals surface area contributed by atoms with Crippen LogP contribution in [0.4, 0.5) is 5.95 Å². The third-order valence-corrected chi connectivity index (χ3v) is 9.23. The van der Waals surface area contributed by atoms with Crippen LogP contribution in [0.3, 0.4) is 0 Å². The van der Waals surface area contributed by atoms with Crippen LogP contribution in [-0.2, 0) is 22.4 Å². The number of fused-ring (bicyclic) bond motifs is 3. The predicted octanol–water partition coefficient (Wildman–Crippen LogP) is 6.75. The molecule has 2 fully saturated rings. The molecule has 1 saturated carbocycles. The van der Waals surface area contributed by atoms with E-state index in [2.05, 4.69) is 56.2 Å². The van der Waals surface area contributed by atoms with Crippen LogP contribution in [0.5, 0.6) is 5.75 Å². The summed E-state index contributed by atoms with van der Waals surface area (Å²) < 4.78 is 20.5. The minimum atomic E-state index is -0.653. The van der Waals surface area contributed by atoms with Crippen LogP contribution < -0.4 is 10.1 Å². The molecule has 0 radical (unpaired) electrons. The molecule has 1 aliphatic carbocycles. The van der Waals surface area contributed by atoms with Gasteiger partial charge in [-0.3, -0.25) is 0 Å². The summed E-state index contributed by atoms with van der Waals surface area (Å²) in [5, 5.41) is 5.67. The Morgan fingerprint density at radius 3 is 2.65 bits per heavy atom. The van der Waals surface area contributed by atoms with Crippen LogP contribution in [0, 0.1) is 5.41 Å². The standard InChI is InChI=1S/C33H35ClN6O3/c1-32(2)42-27-26(40-14-12-24-29(34)37-19-38-30(24)40)16-33(3,28(27)43-32)13-11-20-5-8-22-18-36-31(39-25(22)15-20)35-17-21-6-9-23(41-4)10-7-21/h5-10,12,14-15,18-19,26-28H,11,13,16-17H2,1-4H3,(H,35,36,39)/t26-,27+,28+,33+/m1/s1. The second-order valence-corrected chi connectivity index (χ2v) is 12.7. The molecule has 9 nitrogen and oxygen atoms in total. The zero-order valence-corrected chi connectivity index (χ0v) is 25.5. The Morgan fingerprint density at radius 1 is 1.02 bits per heavy atom. The Kier molecular flexibility index (Phi) is 6.99. The molecule has 4 heterocycles. The third-order valence-electron chi connectivity index (χ3n) is 8.93. The zero-order valence-electron chi connectivity index (χ0n) is 24.8. The van der Waals surface area contributed by atoms with Gasteiger partial charge in [-0.25, -0.2) is 19.9 Å². The van der Waals surface area contributed by atoms with Crippen molar-refractivity contribution in [3.05, 3.63) is 83.5 Å². The molecule has 0 amide bonds. The molecule has 1 N–H and O–H groups in total. The van der Waals surface area contributed by atoms with Gasteiger partial charge in [0.05, 0.1) is 30.2 Å². The van der Waals surface area contributed by atoms with Crippen molar-refractivity contribution in [2.75, 3.05) is 12.4 Å². The number of nitrogens with zero attached hydrogens (tertiary/aromatic N) is 5. The van der Waals surface area contributed by atoms with Gasteiger partial charge in [0.25, 0.3) is 0 Å². The highest BCUT2D eigenvalue weighted by molar-refractivity contribution is 6.33. The summed E-state index contributed by atoms with van der Waals surface area (Å²) in [4.78, 5) is 18.0. The molecule has 5 aromatic rings. The molecule has 0 unspecified atom stereocenters. The number of hydrogen-bond donors (Lipinski definition) is 1. The van der Waals surface area contributed by atoms with Crippen molar-refractivity contribution in [1.29, 1.82) is 0 Å². The van der Waals surface area contributed by atoms with E-state index in [9.17, 15) is 0 Å². The molecule has 2 aliphatic rings. The summed E-state index contributed by atoms with van der Waals surface area (Å²) in [6.45, 7) is 6.95. The first-order valence-corrected chi connectivity index (χ1v) is 15.0. The monoisotopic (exact) mass is 598 g/mol. The molecule has 0 spiro atoms. The van der Waals surface area contributed by atoms with E-state index in [1.54, 1.807) is 7.11 Å². The van der Waals surface area contributed by atoms with E-state index in [1.807, 2.05) is 50.4 Å². The second-order valence-electron chi connectivity index (χ2n) is 12.4. The molecule has 43 heavy (non-hydrogen) atoms. The van der Waals surface area contributed by atoms with Crippen molar-refractivity contribution in [3.8, 4) is 5.75 Å². The Bertz CT molecular complexity index is 1790. The van der Waals surface area contributed by atoms with Crippen molar-refractivity contribution in [1.82, 2.24) is 24.5 Å². The lowest BCUT2D eigenvalue weighted by Gasteiger charge is -2.32. The fraction of sp³-hybridized carbons (Fsp3) is 0.394. The smallest absolute Gasteiger partial charge is 0.223 e. The average Bonchev–Trinajstić information content (AvgIpc) is 3.66. The van der Waals surface area contributed by atoms with Crippen molar-refractivity contribution in [3.63, 3.8) is 0 Å². The van der Waals surface area contributed by atoms with Gasteiger partial charge in [0.15, 0.2) is 5.79 Å². The maximum absolute atomic E-state index is 6.57. The van der Waals surface area contributed by atoms with E-state index in [0.29, 0.717) is 17.6 Å². The van der Waals surface area contributed by atoms with Crippen molar-refractivity contribution < 1.29 is 14.2 Å². The number of aromatic nitrogens is 5. The van der Waals surface area contributed by atoms with Crippen molar-refractivity contribution >= 4 is 39.5 Å². The molecule has 1 saturated heterocycles. The van der Waals surface area contributed by atoms with Gasteiger partial charge < -0.3 is 24.1 Å². The topological polar surface area (TPSA) is 96.2 Å². The minimum absolute atomic E-state index is 0.0428. The van der Waals surface area contributed by atoms with Crippen molar-refractivity contribution in [2.45, 2.75) is 70.6 Å². The SMILES string of the molecule is COc1ccc(CNc2ncc3ccc(CC[C@@]4(C)C[C@@H](n5ccc6c(Cl)ncnc65)[C@@H]5OC(C)(C)O[C@@H]54)cc3n2)cc1. The summed E-state index contributed by atoms with van der Waals surface area (Å²) in [6.07, 6.45) is 8.05. The number of benzene rings is 2. The Labute approximate surface area is 255 Å². The molecule has 7 rings (SSSR count). The molecule has 2 aromatic carbocycles. The average molecular weight is 599 g/mol. The van der Waals surface area contributed by atoms with Crippen LogP contribution in [0.25, 0.3) is 21.9 Å². The third kappa shape index (κ3) is 5.30. The van der Waals surface area contributed by atoms with Gasteiger partial charge in [0, 0.05) is 24.3 Å².